The molecule has 1 aliphatic rings. The molecule has 0 fully saturated rings. The first-order valence-corrected chi connectivity index (χ1v) is 4.60. The van der Waals surface area contributed by atoms with Crippen LogP contribution in [0.1, 0.15) is 30.2 Å². The summed E-state index contributed by atoms with van der Waals surface area (Å²) in [5.74, 6) is 0. The largest absolute Gasteiger partial charge is 0.256 e. The maximum atomic E-state index is 4.35. The van der Waals surface area contributed by atoms with Crippen LogP contribution in [0.15, 0.2) is 24.4 Å². The van der Waals surface area contributed by atoms with Crippen molar-refractivity contribution in [1.82, 2.24) is 4.98 Å². The average Bonchev–Trinajstić information content (AvgIpc) is 2.17. The number of rotatable bonds is 0. The fraction of sp³-hybridized carbons (Fsp3) is 0.250. The molecule has 13 heavy (non-hydrogen) atoms. The molecule has 0 amide bonds. The maximum absolute atomic E-state index is 4.35. The first-order chi connectivity index (χ1) is 6.33. The zero-order chi connectivity index (χ0) is 9.26. The molecule has 1 heteroatoms. The molecule has 0 spiro atoms. The topological polar surface area (TPSA) is 12.9 Å². The Morgan fingerprint density at radius 3 is 3.08 bits per heavy atom. The van der Waals surface area contributed by atoms with Gasteiger partial charge in [-0.1, -0.05) is 12.2 Å². The zero-order valence-corrected chi connectivity index (χ0v) is 8.04. The van der Waals surface area contributed by atoms with Gasteiger partial charge in [0.2, 0.25) is 0 Å². The molecule has 1 aromatic rings. The number of hydrogen-bond acceptors (Lipinski definition) is 1. The molecule has 0 saturated heterocycles. The fourth-order valence-electron chi connectivity index (χ4n) is 1.79. The van der Waals surface area contributed by atoms with Crippen molar-refractivity contribution in [2.45, 2.75) is 20.3 Å². The molecule has 1 heterocycles. The van der Waals surface area contributed by atoms with Gasteiger partial charge in [-0.15, -0.1) is 0 Å². The van der Waals surface area contributed by atoms with Crippen LogP contribution < -0.4 is 0 Å². The number of allylic oxidation sites excluding steroid dienone is 3. The molecular weight excluding hydrogens is 158 g/mol. The number of aromatic nitrogens is 1. The van der Waals surface area contributed by atoms with Crippen molar-refractivity contribution in [1.29, 1.82) is 0 Å². The van der Waals surface area contributed by atoms with Gasteiger partial charge in [0.1, 0.15) is 0 Å². The van der Waals surface area contributed by atoms with Crippen LogP contribution in [-0.4, -0.2) is 4.98 Å². The second-order valence-corrected chi connectivity index (χ2v) is 3.31. The Morgan fingerprint density at radius 2 is 2.31 bits per heavy atom. The summed E-state index contributed by atoms with van der Waals surface area (Å²) in [6.07, 6.45) is 9.36. The number of fused-ring (bicyclic) bond motifs is 1. The van der Waals surface area contributed by atoms with E-state index in [2.05, 4.69) is 43.1 Å². The molecule has 1 aliphatic carbocycles. The van der Waals surface area contributed by atoms with Crippen molar-refractivity contribution in [2.75, 3.05) is 0 Å². The minimum absolute atomic E-state index is 1.04. The smallest absolute Gasteiger partial charge is 0.0704 e. The van der Waals surface area contributed by atoms with E-state index >= 15 is 0 Å². The van der Waals surface area contributed by atoms with Crippen LogP contribution in [0, 0.1) is 6.92 Å². The molecule has 0 aromatic carbocycles. The van der Waals surface area contributed by atoms with Crippen molar-refractivity contribution in [3.63, 3.8) is 0 Å². The Hall–Kier alpha value is -1.37. The van der Waals surface area contributed by atoms with Crippen LogP contribution in [0.25, 0.3) is 11.6 Å². The van der Waals surface area contributed by atoms with Crippen LogP contribution >= 0.6 is 0 Å². The SMILES string of the molecule is C/C=C1/CC=Cc2nccc(C)c21. The Kier molecular flexibility index (Phi) is 2.01. The molecule has 0 unspecified atom stereocenters. The Morgan fingerprint density at radius 1 is 1.46 bits per heavy atom. The summed E-state index contributed by atoms with van der Waals surface area (Å²) < 4.78 is 0. The van der Waals surface area contributed by atoms with Crippen LogP contribution in [0.2, 0.25) is 0 Å². The Labute approximate surface area is 78.8 Å². The highest BCUT2D eigenvalue weighted by Gasteiger charge is 2.11. The Balaban J connectivity index is 2.68. The van der Waals surface area contributed by atoms with Crippen LogP contribution in [-0.2, 0) is 0 Å². The molecule has 0 radical (unpaired) electrons. The lowest BCUT2D eigenvalue weighted by atomic mass is 9.92. The van der Waals surface area contributed by atoms with Gasteiger partial charge in [-0.25, -0.2) is 0 Å². The van der Waals surface area contributed by atoms with Crippen LogP contribution in [0.3, 0.4) is 0 Å². The van der Waals surface area contributed by atoms with Crippen molar-refractivity contribution >= 4 is 11.6 Å². The molecule has 66 valence electrons. The normalized spacial score (nSPS) is 17.5. The average molecular weight is 171 g/mol. The molecule has 0 atom stereocenters. The summed E-state index contributed by atoms with van der Waals surface area (Å²) in [6.45, 7) is 4.23. The lowest BCUT2D eigenvalue weighted by molar-refractivity contribution is 1.19. The third kappa shape index (κ3) is 1.31. The monoisotopic (exact) mass is 171 g/mol. The van der Waals surface area contributed by atoms with Gasteiger partial charge in [0.05, 0.1) is 5.69 Å². The highest BCUT2D eigenvalue weighted by Crippen LogP contribution is 2.29. The van der Waals surface area contributed by atoms with Gasteiger partial charge in [0, 0.05) is 11.8 Å². The van der Waals surface area contributed by atoms with E-state index in [-0.39, 0.29) is 0 Å². The van der Waals surface area contributed by atoms with Crippen molar-refractivity contribution in [3.05, 3.63) is 41.2 Å². The first kappa shape index (κ1) is 8.24. The zero-order valence-electron chi connectivity index (χ0n) is 8.04. The van der Waals surface area contributed by atoms with Crippen molar-refractivity contribution < 1.29 is 0 Å². The van der Waals surface area contributed by atoms with Crippen LogP contribution in [0.4, 0.5) is 0 Å². The summed E-state index contributed by atoms with van der Waals surface area (Å²) in [7, 11) is 0. The van der Waals surface area contributed by atoms with Crippen molar-refractivity contribution in [3.8, 4) is 0 Å². The van der Waals surface area contributed by atoms with E-state index < -0.39 is 0 Å². The molecule has 2 rings (SSSR count). The van der Waals surface area contributed by atoms with Gasteiger partial charge < -0.3 is 0 Å². The van der Waals surface area contributed by atoms with E-state index in [9.17, 15) is 0 Å². The summed E-state index contributed by atoms with van der Waals surface area (Å²) in [6, 6.07) is 2.07. The predicted molar refractivity (Wildman–Crippen MR) is 56.3 cm³/mol. The third-order valence-corrected chi connectivity index (χ3v) is 2.47. The number of pyridine rings is 1. The minimum Gasteiger partial charge on any atom is -0.256 e. The molecule has 0 bridgehead atoms. The second kappa shape index (κ2) is 3.17. The van der Waals surface area contributed by atoms with Gasteiger partial charge in [0.25, 0.3) is 0 Å². The lowest BCUT2D eigenvalue weighted by Gasteiger charge is -2.15. The van der Waals surface area contributed by atoms with Gasteiger partial charge in [-0.2, -0.15) is 0 Å². The number of aryl methyl sites for hydroxylation is 1. The summed E-state index contributed by atoms with van der Waals surface area (Å²) in [4.78, 5) is 4.35. The molecule has 0 aliphatic heterocycles. The van der Waals surface area contributed by atoms with E-state index in [0.29, 0.717) is 0 Å². The van der Waals surface area contributed by atoms with Crippen molar-refractivity contribution in [2.24, 2.45) is 0 Å². The maximum Gasteiger partial charge on any atom is 0.0704 e. The highest BCUT2D eigenvalue weighted by molar-refractivity contribution is 5.79. The summed E-state index contributed by atoms with van der Waals surface area (Å²) in [5, 5.41) is 0. The predicted octanol–water partition coefficient (Wildman–Crippen LogP) is 3.21. The number of nitrogens with zero attached hydrogens (tertiary/aromatic N) is 1. The van der Waals surface area contributed by atoms with E-state index in [1.807, 2.05) is 6.20 Å². The minimum atomic E-state index is 1.04. The second-order valence-electron chi connectivity index (χ2n) is 3.31. The molecule has 1 nitrogen and oxygen atoms in total. The third-order valence-electron chi connectivity index (χ3n) is 2.47. The number of hydrogen-bond donors (Lipinski definition) is 0. The van der Waals surface area contributed by atoms with E-state index in [1.54, 1.807) is 0 Å². The lowest BCUT2D eigenvalue weighted by Crippen LogP contribution is -1.98. The van der Waals surface area contributed by atoms with Gasteiger partial charge in [-0.05, 0) is 43.5 Å². The highest BCUT2D eigenvalue weighted by atomic mass is 14.7. The first-order valence-electron chi connectivity index (χ1n) is 4.60. The van der Waals surface area contributed by atoms with Gasteiger partial charge in [0.15, 0.2) is 0 Å². The molecule has 0 N–H and O–H groups in total. The Bertz CT molecular complexity index is 386. The van der Waals surface area contributed by atoms with Gasteiger partial charge >= 0.3 is 0 Å². The molecule has 1 aromatic heterocycles. The fourth-order valence-corrected chi connectivity index (χ4v) is 1.79. The quantitative estimate of drug-likeness (QED) is 0.584. The molecular formula is C12H13N. The summed E-state index contributed by atoms with van der Waals surface area (Å²) >= 11 is 0. The van der Waals surface area contributed by atoms with E-state index in [4.69, 9.17) is 0 Å². The van der Waals surface area contributed by atoms with E-state index in [1.165, 1.54) is 16.7 Å². The van der Waals surface area contributed by atoms with E-state index in [0.717, 1.165) is 12.1 Å². The standard InChI is InChI=1S/C12H13N/c1-3-10-5-4-6-11-12(10)9(2)7-8-13-11/h3-4,6-8H,5H2,1-2H3/b10-3-. The summed E-state index contributed by atoms with van der Waals surface area (Å²) in [5.41, 5.74) is 5.15. The van der Waals surface area contributed by atoms with Crippen LogP contribution in [0.5, 0.6) is 0 Å². The molecule has 0 saturated carbocycles. The van der Waals surface area contributed by atoms with Gasteiger partial charge in [-0.3, -0.25) is 4.98 Å².